The highest BCUT2D eigenvalue weighted by molar-refractivity contribution is 6.93. The summed E-state index contributed by atoms with van der Waals surface area (Å²) in [5.74, 6) is 0.868. The van der Waals surface area contributed by atoms with Crippen molar-refractivity contribution in [3.05, 3.63) is 0 Å². The van der Waals surface area contributed by atoms with Crippen LogP contribution in [0.5, 0.6) is 0 Å². The van der Waals surface area contributed by atoms with Crippen LogP contribution in [0.4, 0.5) is 0 Å². The lowest BCUT2D eigenvalue weighted by Gasteiger charge is -2.47. The predicted molar refractivity (Wildman–Crippen MR) is 104 cm³/mol. The van der Waals surface area contributed by atoms with Gasteiger partial charge in [-0.05, 0) is 64.2 Å². The first-order valence-electron chi connectivity index (χ1n) is 9.21. The molecular formula is C15H36O4Si4. The van der Waals surface area contributed by atoms with Crippen molar-refractivity contribution in [1.82, 2.24) is 0 Å². The largest absolute Gasteiger partial charge is 0.416 e. The second-order valence-corrected chi connectivity index (χ2v) is 23.2. The first kappa shape index (κ1) is 20.0. The third kappa shape index (κ3) is 6.50. The van der Waals surface area contributed by atoms with Crippen molar-refractivity contribution in [3.63, 3.8) is 0 Å². The summed E-state index contributed by atoms with van der Waals surface area (Å²) in [6.07, 6.45) is 8.24. The second-order valence-electron chi connectivity index (χ2n) is 8.78. The van der Waals surface area contributed by atoms with E-state index in [9.17, 15) is 0 Å². The minimum absolute atomic E-state index is 0.868. The normalized spacial score (nSPS) is 30.4. The molecule has 0 aromatic rings. The summed E-state index contributed by atoms with van der Waals surface area (Å²) in [5.41, 5.74) is 0. The monoisotopic (exact) mass is 392 g/mol. The SMILES string of the molecule is C[Si]1(C)O[Si](C)(C)O[Si](C)(CCC2CCCCC2)O[Si](C)(C)O1. The Morgan fingerprint density at radius 3 is 1.57 bits per heavy atom. The molecule has 2 rings (SSSR count). The van der Waals surface area contributed by atoms with Gasteiger partial charge in [0.25, 0.3) is 0 Å². The molecular weight excluding hydrogens is 357 g/mol. The van der Waals surface area contributed by atoms with Gasteiger partial charge in [-0.15, -0.1) is 0 Å². The summed E-state index contributed by atoms with van der Waals surface area (Å²) < 4.78 is 26.1. The molecule has 0 radical (unpaired) electrons. The minimum atomic E-state index is -2.24. The van der Waals surface area contributed by atoms with Crippen LogP contribution in [0.1, 0.15) is 38.5 Å². The third-order valence-corrected chi connectivity index (χ3v) is 21.1. The summed E-state index contributed by atoms with van der Waals surface area (Å²) in [6.45, 7) is 15.1. The maximum Gasteiger partial charge on any atom is 0.317 e. The molecule has 0 N–H and O–H groups in total. The van der Waals surface area contributed by atoms with Gasteiger partial charge in [-0.3, -0.25) is 0 Å². The van der Waals surface area contributed by atoms with Crippen molar-refractivity contribution < 1.29 is 16.5 Å². The van der Waals surface area contributed by atoms with Crippen LogP contribution in [-0.4, -0.2) is 34.2 Å². The van der Waals surface area contributed by atoms with E-state index in [0.717, 1.165) is 12.0 Å². The van der Waals surface area contributed by atoms with E-state index in [4.69, 9.17) is 16.5 Å². The smallest absolute Gasteiger partial charge is 0.317 e. The molecule has 0 atom stereocenters. The van der Waals surface area contributed by atoms with Gasteiger partial charge >= 0.3 is 34.2 Å². The standard InChI is InChI=1S/C15H36O4Si4/c1-20(2)16-21(3,4)18-23(7,19-22(5,6)17-20)14-13-15-11-9-8-10-12-15/h15H,8-14H2,1-7H3. The van der Waals surface area contributed by atoms with Crippen LogP contribution < -0.4 is 0 Å². The topological polar surface area (TPSA) is 36.9 Å². The summed E-state index contributed by atoms with van der Waals surface area (Å²) in [5, 5.41) is 0. The van der Waals surface area contributed by atoms with E-state index in [-0.39, 0.29) is 0 Å². The fourth-order valence-electron chi connectivity index (χ4n) is 4.35. The summed E-state index contributed by atoms with van der Waals surface area (Å²) in [4.78, 5) is 0. The average Bonchev–Trinajstić information content (AvgIpc) is 2.31. The molecule has 0 amide bonds. The van der Waals surface area contributed by atoms with Gasteiger partial charge in [0.05, 0.1) is 0 Å². The van der Waals surface area contributed by atoms with Crippen LogP contribution in [0.3, 0.4) is 0 Å². The first-order valence-corrected chi connectivity index (χ1v) is 20.2. The van der Waals surface area contributed by atoms with E-state index >= 15 is 0 Å². The second kappa shape index (κ2) is 7.14. The Labute approximate surface area is 147 Å². The minimum Gasteiger partial charge on any atom is -0.416 e. The zero-order chi connectivity index (χ0) is 17.4. The van der Waals surface area contributed by atoms with Crippen LogP contribution in [0, 0.1) is 5.92 Å². The molecule has 1 saturated carbocycles. The van der Waals surface area contributed by atoms with Gasteiger partial charge in [0.1, 0.15) is 0 Å². The van der Waals surface area contributed by atoms with Gasteiger partial charge in [-0.1, -0.05) is 32.1 Å². The highest BCUT2D eigenvalue weighted by Crippen LogP contribution is 2.35. The molecule has 23 heavy (non-hydrogen) atoms. The Morgan fingerprint density at radius 2 is 1.09 bits per heavy atom. The Balaban J connectivity index is 2.07. The molecule has 0 bridgehead atoms. The van der Waals surface area contributed by atoms with Gasteiger partial charge in [0, 0.05) is 0 Å². The summed E-state index contributed by atoms with van der Waals surface area (Å²) in [6, 6.07) is 1.08. The van der Waals surface area contributed by atoms with Crippen LogP contribution in [0.2, 0.25) is 51.9 Å². The maximum atomic E-state index is 6.65. The first-order chi connectivity index (χ1) is 10.4. The average molecular weight is 393 g/mol. The Hall–Kier alpha value is 0.708. The van der Waals surface area contributed by atoms with E-state index < -0.39 is 34.2 Å². The maximum absolute atomic E-state index is 6.65. The van der Waals surface area contributed by atoms with Crippen molar-refractivity contribution in [2.45, 2.75) is 90.4 Å². The summed E-state index contributed by atoms with van der Waals surface area (Å²) >= 11 is 0. The highest BCUT2D eigenvalue weighted by atomic mass is 28.5. The van der Waals surface area contributed by atoms with E-state index in [1.807, 2.05) is 0 Å². The summed E-state index contributed by atoms with van der Waals surface area (Å²) in [7, 11) is -8.80. The number of hydrogen-bond donors (Lipinski definition) is 0. The lowest BCUT2D eigenvalue weighted by molar-refractivity contribution is 0.230. The van der Waals surface area contributed by atoms with Gasteiger partial charge in [0.15, 0.2) is 0 Å². The van der Waals surface area contributed by atoms with E-state index in [0.29, 0.717) is 0 Å². The molecule has 2 aliphatic rings. The molecule has 1 aliphatic carbocycles. The van der Waals surface area contributed by atoms with Crippen LogP contribution in [0.25, 0.3) is 0 Å². The molecule has 136 valence electrons. The van der Waals surface area contributed by atoms with Crippen LogP contribution >= 0.6 is 0 Å². The molecule has 0 spiro atoms. The molecule has 2 fully saturated rings. The predicted octanol–water partition coefficient (Wildman–Crippen LogP) is 5.21. The fraction of sp³-hybridized carbons (Fsp3) is 1.00. The third-order valence-electron chi connectivity index (χ3n) is 4.64. The van der Waals surface area contributed by atoms with Crippen molar-refractivity contribution in [3.8, 4) is 0 Å². The molecule has 1 saturated heterocycles. The molecule has 0 unspecified atom stereocenters. The number of rotatable bonds is 3. The zero-order valence-electron chi connectivity index (χ0n) is 16.2. The van der Waals surface area contributed by atoms with E-state index in [2.05, 4.69) is 45.8 Å². The molecule has 1 heterocycles. The van der Waals surface area contributed by atoms with Gasteiger partial charge < -0.3 is 16.5 Å². The number of hydrogen-bond acceptors (Lipinski definition) is 4. The van der Waals surface area contributed by atoms with Crippen LogP contribution in [0.15, 0.2) is 0 Å². The molecule has 4 nitrogen and oxygen atoms in total. The van der Waals surface area contributed by atoms with Gasteiger partial charge in [0.2, 0.25) is 0 Å². The van der Waals surface area contributed by atoms with Gasteiger partial charge in [-0.25, -0.2) is 0 Å². The fourth-order valence-corrected chi connectivity index (χ4v) is 26.1. The molecule has 8 heteroatoms. The Morgan fingerprint density at radius 1 is 0.652 bits per heavy atom. The Kier molecular flexibility index (Phi) is 6.22. The van der Waals surface area contributed by atoms with Crippen LogP contribution in [-0.2, 0) is 16.5 Å². The van der Waals surface area contributed by atoms with Crippen molar-refractivity contribution in [2.24, 2.45) is 5.92 Å². The van der Waals surface area contributed by atoms with Crippen molar-refractivity contribution in [2.75, 3.05) is 0 Å². The Bertz CT molecular complexity index is 386. The van der Waals surface area contributed by atoms with Gasteiger partial charge in [-0.2, -0.15) is 0 Å². The zero-order valence-corrected chi connectivity index (χ0v) is 20.2. The van der Waals surface area contributed by atoms with Crippen molar-refractivity contribution >= 4 is 34.2 Å². The molecule has 0 aromatic carbocycles. The molecule has 1 aliphatic heterocycles. The molecule has 0 aromatic heterocycles. The highest BCUT2D eigenvalue weighted by Gasteiger charge is 2.52. The quantitative estimate of drug-likeness (QED) is 0.617. The lowest BCUT2D eigenvalue weighted by Crippen LogP contribution is -2.65. The van der Waals surface area contributed by atoms with Crippen molar-refractivity contribution in [1.29, 1.82) is 0 Å². The van der Waals surface area contributed by atoms with E-state index in [1.165, 1.54) is 38.5 Å². The van der Waals surface area contributed by atoms with E-state index in [1.54, 1.807) is 0 Å². The lowest BCUT2D eigenvalue weighted by atomic mass is 9.88.